The number of rotatable bonds is 3. The predicted octanol–water partition coefficient (Wildman–Crippen LogP) is 4.77. The van der Waals surface area contributed by atoms with Gasteiger partial charge in [-0.25, -0.2) is 0 Å². The minimum Gasteiger partial charge on any atom is -0.320 e. The van der Waals surface area contributed by atoms with Crippen molar-refractivity contribution in [2.75, 3.05) is 0 Å². The van der Waals surface area contributed by atoms with Crippen molar-refractivity contribution >= 4 is 38.9 Å². The Morgan fingerprint density at radius 2 is 2.12 bits per heavy atom. The van der Waals surface area contributed by atoms with Gasteiger partial charge in [-0.1, -0.05) is 34.5 Å². The van der Waals surface area contributed by atoms with Crippen LogP contribution in [0.5, 0.6) is 0 Å². The number of aryl methyl sites for hydroxylation is 1. The molecule has 1 aromatic heterocycles. The lowest BCUT2D eigenvalue weighted by atomic mass is 10.1. The molecule has 4 heteroatoms. The van der Waals surface area contributed by atoms with Gasteiger partial charge < -0.3 is 5.73 Å². The number of hydrogen-bond acceptors (Lipinski definition) is 2. The van der Waals surface area contributed by atoms with Crippen molar-refractivity contribution in [2.24, 2.45) is 5.73 Å². The van der Waals surface area contributed by atoms with Gasteiger partial charge in [-0.15, -0.1) is 11.3 Å². The molecule has 0 aliphatic heterocycles. The second-order valence-corrected chi connectivity index (χ2v) is 6.39. The molecular formula is C13H13BrClNS. The first kappa shape index (κ1) is 13.1. The summed E-state index contributed by atoms with van der Waals surface area (Å²) in [5.74, 6) is 0. The van der Waals surface area contributed by atoms with Crippen LogP contribution in [0.25, 0.3) is 0 Å². The van der Waals surface area contributed by atoms with Gasteiger partial charge in [-0.2, -0.15) is 0 Å². The van der Waals surface area contributed by atoms with E-state index in [-0.39, 0.29) is 6.04 Å². The zero-order valence-electron chi connectivity index (χ0n) is 9.41. The highest BCUT2D eigenvalue weighted by Crippen LogP contribution is 2.30. The molecule has 17 heavy (non-hydrogen) atoms. The van der Waals surface area contributed by atoms with Crippen LogP contribution in [0, 0.1) is 0 Å². The van der Waals surface area contributed by atoms with Crippen molar-refractivity contribution < 1.29 is 0 Å². The summed E-state index contributed by atoms with van der Waals surface area (Å²) < 4.78 is 0.961. The molecule has 90 valence electrons. The van der Waals surface area contributed by atoms with E-state index in [1.54, 1.807) is 11.3 Å². The molecule has 2 aromatic rings. The maximum Gasteiger partial charge on any atom is 0.0647 e. The molecule has 0 saturated heterocycles. The molecule has 2 N–H and O–H groups in total. The maximum absolute atomic E-state index is 6.25. The monoisotopic (exact) mass is 329 g/mol. The lowest BCUT2D eigenvalue weighted by Crippen LogP contribution is -2.10. The topological polar surface area (TPSA) is 26.0 Å². The molecule has 2 rings (SSSR count). The summed E-state index contributed by atoms with van der Waals surface area (Å²) in [5.41, 5.74) is 7.29. The first-order valence-electron chi connectivity index (χ1n) is 5.40. The van der Waals surface area contributed by atoms with Gasteiger partial charge in [0.15, 0.2) is 0 Å². The van der Waals surface area contributed by atoms with Gasteiger partial charge in [0.1, 0.15) is 0 Å². The molecule has 0 aliphatic carbocycles. The van der Waals surface area contributed by atoms with E-state index >= 15 is 0 Å². The van der Waals surface area contributed by atoms with E-state index < -0.39 is 0 Å². The van der Waals surface area contributed by atoms with E-state index in [0.717, 1.165) is 16.5 Å². The Bertz CT molecular complexity index is 504. The molecule has 1 nitrogen and oxygen atoms in total. The summed E-state index contributed by atoms with van der Waals surface area (Å²) >= 11 is 11.2. The van der Waals surface area contributed by atoms with Crippen LogP contribution in [0.4, 0.5) is 0 Å². The van der Waals surface area contributed by atoms with E-state index in [1.165, 1.54) is 9.75 Å². The van der Waals surface area contributed by atoms with Crippen molar-refractivity contribution in [1.29, 1.82) is 0 Å². The first-order chi connectivity index (χ1) is 8.10. The number of hydrogen-bond donors (Lipinski definition) is 1. The van der Waals surface area contributed by atoms with Crippen LogP contribution < -0.4 is 5.73 Å². The third-order valence-electron chi connectivity index (χ3n) is 2.58. The molecule has 1 atom stereocenters. The summed E-state index contributed by atoms with van der Waals surface area (Å²) in [4.78, 5) is 2.53. The van der Waals surface area contributed by atoms with Crippen LogP contribution in [-0.4, -0.2) is 0 Å². The summed E-state index contributed by atoms with van der Waals surface area (Å²) in [6.45, 7) is 2.15. The van der Waals surface area contributed by atoms with Gasteiger partial charge in [-0.05, 0) is 42.3 Å². The normalized spacial score (nSPS) is 12.7. The van der Waals surface area contributed by atoms with Crippen LogP contribution in [0.15, 0.2) is 34.8 Å². The molecule has 1 heterocycles. The van der Waals surface area contributed by atoms with Gasteiger partial charge in [0.25, 0.3) is 0 Å². The Balaban J connectivity index is 2.32. The average molecular weight is 331 g/mol. The third-order valence-corrected chi connectivity index (χ3v) is 4.57. The highest BCUT2D eigenvalue weighted by molar-refractivity contribution is 9.10. The Labute approximate surface area is 119 Å². The highest BCUT2D eigenvalue weighted by Gasteiger charge is 2.12. The molecule has 0 radical (unpaired) electrons. The van der Waals surface area contributed by atoms with Crippen molar-refractivity contribution in [2.45, 2.75) is 19.4 Å². The average Bonchev–Trinajstić information content (AvgIpc) is 2.75. The van der Waals surface area contributed by atoms with E-state index in [0.29, 0.717) is 5.02 Å². The molecule has 1 unspecified atom stereocenters. The van der Waals surface area contributed by atoms with Crippen molar-refractivity contribution in [3.05, 3.63) is 55.1 Å². The number of halogens is 2. The SMILES string of the molecule is CCc1ccc(C(N)c2cc(Cl)cc(Br)c2)s1. The molecule has 1 aromatic carbocycles. The Morgan fingerprint density at radius 1 is 1.35 bits per heavy atom. The molecule has 0 aliphatic rings. The van der Waals surface area contributed by atoms with Crippen molar-refractivity contribution in [1.82, 2.24) is 0 Å². The quantitative estimate of drug-likeness (QED) is 0.861. The fraction of sp³-hybridized carbons (Fsp3) is 0.231. The standard InChI is InChI=1S/C13H13BrClNS/c1-2-11-3-4-12(17-11)13(16)8-5-9(14)7-10(15)6-8/h3-7,13H,2,16H2,1H3. The molecule has 0 spiro atoms. The summed E-state index contributed by atoms with van der Waals surface area (Å²) in [6.07, 6.45) is 1.05. The van der Waals surface area contributed by atoms with Gasteiger partial charge in [0.05, 0.1) is 6.04 Å². The van der Waals surface area contributed by atoms with Crippen LogP contribution in [-0.2, 0) is 6.42 Å². The lowest BCUT2D eigenvalue weighted by Gasteiger charge is -2.11. The van der Waals surface area contributed by atoms with E-state index in [2.05, 4.69) is 35.0 Å². The molecule has 0 saturated carbocycles. The highest BCUT2D eigenvalue weighted by atomic mass is 79.9. The molecular weight excluding hydrogens is 318 g/mol. The van der Waals surface area contributed by atoms with Crippen LogP contribution in [0.2, 0.25) is 5.02 Å². The third kappa shape index (κ3) is 3.10. The number of thiophene rings is 1. The molecule has 0 fully saturated rings. The first-order valence-corrected chi connectivity index (χ1v) is 7.39. The van der Waals surface area contributed by atoms with Gasteiger partial charge in [-0.3, -0.25) is 0 Å². The van der Waals surface area contributed by atoms with E-state index in [1.807, 2.05) is 18.2 Å². The van der Waals surface area contributed by atoms with Gasteiger partial charge in [0, 0.05) is 19.2 Å². The second-order valence-electron chi connectivity index (χ2n) is 3.84. The van der Waals surface area contributed by atoms with Gasteiger partial charge in [0.2, 0.25) is 0 Å². The number of nitrogens with two attached hydrogens (primary N) is 1. The lowest BCUT2D eigenvalue weighted by molar-refractivity contribution is 0.892. The van der Waals surface area contributed by atoms with E-state index in [9.17, 15) is 0 Å². The summed E-state index contributed by atoms with van der Waals surface area (Å²) in [6, 6.07) is 9.94. The van der Waals surface area contributed by atoms with Crippen LogP contribution >= 0.6 is 38.9 Å². The number of benzene rings is 1. The fourth-order valence-electron chi connectivity index (χ4n) is 1.67. The Morgan fingerprint density at radius 3 is 2.71 bits per heavy atom. The zero-order chi connectivity index (χ0) is 12.4. The minimum absolute atomic E-state index is 0.102. The second kappa shape index (κ2) is 5.53. The summed E-state index contributed by atoms with van der Waals surface area (Å²) in [5, 5.41) is 0.706. The Hall–Kier alpha value is -0.350. The predicted molar refractivity (Wildman–Crippen MR) is 78.9 cm³/mol. The van der Waals surface area contributed by atoms with Gasteiger partial charge >= 0.3 is 0 Å². The minimum atomic E-state index is -0.102. The van der Waals surface area contributed by atoms with E-state index in [4.69, 9.17) is 17.3 Å². The molecule has 0 bridgehead atoms. The largest absolute Gasteiger partial charge is 0.320 e. The maximum atomic E-state index is 6.25. The zero-order valence-corrected chi connectivity index (χ0v) is 12.6. The summed E-state index contributed by atoms with van der Waals surface area (Å²) in [7, 11) is 0. The van der Waals surface area contributed by atoms with Crippen molar-refractivity contribution in [3.63, 3.8) is 0 Å². The molecule has 0 amide bonds. The van der Waals surface area contributed by atoms with Crippen LogP contribution in [0.1, 0.15) is 28.3 Å². The smallest absolute Gasteiger partial charge is 0.0647 e. The van der Waals surface area contributed by atoms with Crippen molar-refractivity contribution in [3.8, 4) is 0 Å². The van der Waals surface area contributed by atoms with Crippen LogP contribution in [0.3, 0.4) is 0 Å². The Kier molecular flexibility index (Phi) is 4.26. The fourth-order valence-corrected chi connectivity index (χ4v) is 3.54.